The number of hydrogen-bond acceptors (Lipinski definition) is 3. The molecule has 24 heavy (non-hydrogen) atoms. The summed E-state index contributed by atoms with van der Waals surface area (Å²) in [6.07, 6.45) is 2.65. The second-order valence-corrected chi connectivity index (χ2v) is 6.08. The fraction of sp³-hybridized carbons (Fsp3) is 0.294. The molecule has 1 aliphatic rings. The fourth-order valence-corrected chi connectivity index (χ4v) is 2.89. The Morgan fingerprint density at radius 1 is 1.25 bits per heavy atom. The standard InChI is InChI=1S/C17H16ClFN2O3/c18-11-3-4-14(19)13(10-11)16(22)20-12-5-7-21(8-6-12)17(23)15-2-1-9-24-15/h1-4,9-10,12H,5-8H2,(H,20,22). The lowest BCUT2D eigenvalue weighted by Gasteiger charge is -2.31. The van der Waals surface area contributed by atoms with Gasteiger partial charge < -0.3 is 14.6 Å². The summed E-state index contributed by atoms with van der Waals surface area (Å²) in [5, 5.41) is 3.10. The van der Waals surface area contributed by atoms with Gasteiger partial charge in [-0.05, 0) is 43.2 Å². The molecule has 2 heterocycles. The molecule has 126 valence electrons. The smallest absolute Gasteiger partial charge is 0.289 e. The molecule has 7 heteroatoms. The van der Waals surface area contributed by atoms with Crippen molar-refractivity contribution in [3.05, 3.63) is 58.8 Å². The lowest BCUT2D eigenvalue weighted by molar-refractivity contribution is 0.0667. The van der Waals surface area contributed by atoms with Crippen LogP contribution in [0.15, 0.2) is 41.0 Å². The number of hydrogen-bond donors (Lipinski definition) is 1. The second kappa shape index (κ2) is 7.05. The molecule has 1 N–H and O–H groups in total. The number of piperidine rings is 1. The predicted octanol–water partition coefficient (Wildman–Crippen LogP) is 3.11. The van der Waals surface area contributed by atoms with Crippen molar-refractivity contribution in [1.29, 1.82) is 0 Å². The molecule has 0 bridgehead atoms. The maximum absolute atomic E-state index is 13.7. The van der Waals surface area contributed by atoms with E-state index in [9.17, 15) is 14.0 Å². The first-order valence-electron chi connectivity index (χ1n) is 7.63. The zero-order valence-corrected chi connectivity index (χ0v) is 13.6. The summed E-state index contributed by atoms with van der Waals surface area (Å²) in [7, 11) is 0. The summed E-state index contributed by atoms with van der Waals surface area (Å²) in [5.74, 6) is -0.961. The van der Waals surface area contributed by atoms with E-state index in [0.717, 1.165) is 0 Å². The quantitative estimate of drug-likeness (QED) is 0.925. The Hall–Kier alpha value is -2.34. The third kappa shape index (κ3) is 3.59. The minimum Gasteiger partial charge on any atom is -0.459 e. The largest absolute Gasteiger partial charge is 0.459 e. The molecule has 5 nitrogen and oxygen atoms in total. The summed E-state index contributed by atoms with van der Waals surface area (Å²) < 4.78 is 18.8. The number of rotatable bonds is 3. The Morgan fingerprint density at radius 2 is 2.00 bits per heavy atom. The van der Waals surface area contributed by atoms with Gasteiger partial charge in [0.15, 0.2) is 5.76 Å². The van der Waals surface area contributed by atoms with Crippen LogP contribution < -0.4 is 5.32 Å². The maximum Gasteiger partial charge on any atom is 0.289 e. The highest BCUT2D eigenvalue weighted by molar-refractivity contribution is 6.31. The first-order chi connectivity index (χ1) is 11.5. The number of nitrogens with zero attached hydrogens (tertiary/aromatic N) is 1. The number of halogens is 2. The van der Waals surface area contributed by atoms with E-state index in [1.165, 1.54) is 24.5 Å². The predicted molar refractivity (Wildman–Crippen MR) is 86.5 cm³/mol. The van der Waals surface area contributed by atoms with Gasteiger partial charge in [0.1, 0.15) is 5.82 Å². The molecular weight excluding hydrogens is 335 g/mol. The van der Waals surface area contributed by atoms with E-state index < -0.39 is 11.7 Å². The summed E-state index contributed by atoms with van der Waals surface area (Å²) in [5.41, 5.74) is -0.0726. The molecule has 1 aromatic heterocycles. The number of likely N-dealkylation sites (tertiary alicyclic amines) is 1. The van der Waals surface area contributed by atoms with Gasteiger partial charge in [-0.15, -0.1) is 0 Å². The highest BCUT2D eigenvalue weighted by Crippen LogP contribution is 2.17. The van der Waals surface area contributed by atoms with Crippen LogP contribution in [0.5, 0.6) is 0 Å². The Labute approximate surface area is 143 Å². The molecule has 1 aromatic carbocycles. The van der Waals surface area contributed by atoms with Crippen LogP contribution in [-0.4, -0.2) is 35.8 Å². The lowest BCUT2D eigenvalue weighted by atomic mass is 10.0. The van der Waals surface area contributed by atoms with Gasteiger partial charge in [0.2, 0.25) is 0 Å². The monoisotopic (exact) mass is 350 g/mol. The first kappa shape index (κ1) is 16.5. The Bertz CT molecular complexity index is 740. The zero-order chi connectivity index (χ0) is 17.1. The maximum atomic E-state index is 13.7. The molecule has 1 aliphatic heterocycles. The van der Waals surface area contributed by atoms with E-state index in [4.69, 9.17) is 16.0 Å². The van der Waals surface area contributed by atoms with Crippen molar-refractivity contribution < 1.29 is 18.4 Å². The van der Waals surface area contributed by atoms with Gasteiger partial charge in [-0.25, -0.2) is 4.39 Å². The number of carbonyl (C=O) groups excluding carboxylic acids is 2. The highest BCUT2D eigenvalue weighted by atomic mass is 35.5. The van der Waals surface area contributed by atoms with Gasteiger partial charge in [-0.1, -0.05) is 11.6 Å². The van der Waals surface area contributed by atoms with Crippen molar-refractivity contribution in [3.63, 3.8) is 0 Å². The number of benzene rings is 1. The van der Waals surface area contributed by atoms with E-state index in [0.29, 0.717) is 36.7 Å². The normalized spacial score (nSPS) is 15.3. The van der Waals surface area contributed by atoms with E-state index in [-0.39, 0.29) is 17.5 Å². The zero-order valence-electron chi connectivity index (χ0n) is 12.8. The average molecular weight is 351 g/mol. The Balaban J connectivity index is 1.56. The van der Waals surface area contributed by atoms with Crippen molar-refractivity contribution in [3.8, 4) is 0 Å². The van der Waals surface area contributed by atoms with Crippen LogP contribution in [0.4, 0.5) is 4.39 Å². The van der Waals surface area contributed by atoms with Crippen molar-refractivity contribution in [1.82, 2.24) is 10.2 Å². The number of furan rings is 1. The number of amides is 2. The molecule has 2 aromatic rings. The van der Waals surface area contributed by atoms with E-state index in [1.807, 2.05) is 0 Å². The number of nitrogens with one attached hydrogen (secondary N) is 1. The van der Waals surface area contributed by atoms with Crippen LogP contribution in [0.3, 0.4) is 0 Å². The Kier molecular flexibility index (Phi) is 4.85. The summed E-state index contributed by atoms with van der Waals surface area (Å²) in [6.45, 7) is 1.00. The molecule has 0 saturated carbocycles. The van der Waals surface area contributed by atoms with Crippen LogP contribution in [0.25, 0.3) is 0 Å². The molecule has 0 radical (unpaired) electrons. The van der Waals surface area contributed by atoms with Gasteiger partial charge >= 0.3 is 0 Å². The van der Waals surface area contributed by atoms with Crippen LogP contribution in [0.1, 0.15) is 33.8 Å². The topological polar surface area (TPSA) is 62.6 Å². The molecular formula is C17H16ClFN2O3. The van der Waals surface area contributed by atoms with Crippen molar-refractivity contribution in [2.45, 2.75) is 18.9 Å². The van der Waals surface area contributed by atoms with Gasteiger partial charge in [-0.2, -0.15) is 0 Å². The molecule has 1 saturated heterocycles. The molecule has 0 unspecified atom stereocenters. The minimum atomic E-state index is -0.609. The molecule has 0 aliphatic carbocycles. The third-order valence-electron chi connectivity index (χ3n) is 4.02. The van der Waals surface area contributed by atoms with Gasteiger partial charge in [-0.3, -0.25) is 9.59 Å². The Morgan fingerprint density at radius 3 is 2.67 bits per heavy atom. The van der Waals surface area contributed by atoms with Gasteiger partial charge in [0.25, 0.3) is 11.8 Å². The molecule has 0 atom stereocenters. The van der Waals surface area contributed by atoms with E-state index in [1.54, 1.807) is 17.0 Å². The van der Waals surface area contributed by atoms with Crippen LogP contribution in [0.2, 0.25) is 5.02 Å². The molecule has 2 amide bonds. The number of carbonyl (C=O) groups is 2. The average Bonchev–Trinajstić information content (AvgIpc) is 3.11. The van der Waals surface area contributed by atoms with Crippen molar-refractivity contribution in [2.24, 2.45) is 0 Å². The summed E-state index contributed by atoms with van der Waals surface area (Å²) >= 11 is 5.81. The van der Waals surface area contributed by atoms with Crippen LogP contribution in [0, 0.1) is 5.82 Å². The SMILES string of the molecule is O=C(NC1CCN(C(=O)c2ccco2)CC1)c1cc(Cl)ccc1F. The summed E-state index contributed by atoms with van der Waals surface area (Å²) in [6, 6.07) is 7.05. The van der Waals surface area contributed by atoms with E-state index >= 15 is 0 Å². The lowest BCUT2D eigenvalue weighted by Crippen LogP contribution is -2.46. The van der Waals surface area contributed by atoms with Crippen molar-refractivity contribution in [2.75, 3.05) is 13.1 Å². The molecule has 0 spiro atoms. The van der Waals surface area contributed by atoms with E-state index in [2.05, 4.69) is 5.32 Å². The third-order valence-corrected chi connectivity index (χ3v) is 4.26. The van der Waals surface area contributed by atoms with Gasteiger partial charge in [0.05, 0.1) is 11.8 Å². The summed E-state index contributed by atoms with van der Waals surface area (Å²) in [4.78, 5) is 26.0. The second-order valence-electron chi connectivity index (χ2n) is 5.64. The molecule has 1 fully saturated rings. The van der Waals surface area contributed by atoms with Crippen molar-refractivity contribution >= 4 is 23.4 Å². The first-order valence-corrected chi connectivity index (χ1v) is 8.01. The fourth-order valence-electron chi connectivity index (χ4n) is 2.72. The van der Waals surface area contributed by atoms with Gasteiger partial charge in [0, 0.05) is 24.2 Å². The highest BCUT2D eigenvalue weighted by Gasteiger charge is 2.26. The van der Waals surface area contributed by atoms with Crippen LogP contribution in [-0.2, 0) is 0 Å². The minimum absolute atomic E-state index is 0.0726. The van der Waals surface area contributed by atoms with Crippen LogP contribution >= 0.6 is 11.6 Å². The molecule has 3 rings (SSSR count).